The van der Waals surface area contributed by atoms with E-state index in [9.17, 15) is 14.4 Å². The minimum Gasteiger partial charge on any atom is -0.481 e. The molecule has 0 aromatic carbocycles. The maximum Gasteiger partial charge on any atom is 0.324 e. The first kappa shape index (κ1) is 17.5. The third kappa shape index (κ3) is 7.11. The summed E-state index contributed by atoms with van der Waals surface area (Å²) in [5.41, 5.74) is 0. The molecule has 0 saturated heterocycles. The molecule has 1 rings (SSSR count). The minimum absolute atomic E-state index is 0.0587. The van der Waals surface area contributed by atoms with Gasteiger partial charge in [-0.3, -0.25) is 14.9 Å². The van der Waals surface area contributed by atoms with Crippen molar-refractivity contribution in [1.82, 2.24) is 10.2 Å². The molecule has 0 heterocycles. The lowest BCUT2D eigenvalue weighted by Crippen LogP contribution is -2.45. The van der Waals surface area contributed by atoms with E-state index in [0.29, 0.717) is 12.8 Å². The van der Waals surface area contributed by atoms with Gasteiger partial charge in [0.15, 0.2) is 0 Å². The van der Waals surface area contributed by atoms with Crippen LogP contribution >= 0.6 is 0 Å². The van der Waals surface area contributed by atoms with Gasteiger partial charge in [0.2, 0.25) is 5.91 Å². The van der Waals surface area contributed by atoms with Crippen LogP contribution in [0.2, 0.25) is 0 Å². The monoisotopic (exact) mass is 298 g/mol. The summed E-state index contributed by atoms with van der Waals surface area (Å²) in [6.07, 6.45) is 7.88. The Bertz CT molecular complexity index is 363. The lowest BCUT2D eigenvalue weighted by molar-refractivity contribution is -0.137. The fourth-order valence-electron chi connectivity index (χ4n) is 2.64. The predicted molar refractivity (Wildman–Crippen MR) is 78.9 cm³/mol. The molecule has 1 saturated carbocycles. The van der Waals surface area contributed by atoms with Gasteiger partial charge in [0.25, 0.3) is 0 Å². The lowest BCUT2D eigenvalue weighted by atomic mass is 10.1. The van der Waals surface area contributed by atoms with Crippen molar-refractivity contribution in [2.24, 2.45) is 0 Å². The van der Waals surface area contributed by atoms with Gasteiger partial charge in [0.1, 0.15) is 0 Å². The first-order chi connectivity index (χ1) is 10.0. The molecule has 0 aliphatic heterocycles. The molecule has 1 aliphatic carbocycles. The Labute approximate surface area is 125 Å². The number of urea groups is 1. The van der Waals surface area contributed by atoms with Gasteiger partial charge in [0.05, 0.1) is 0 Å². The molecule has 6 nitrogen and oxygen atoms in total. The van der Waals surface area contributed by atoms with Crippen LogP contribution in [0.1, 0.15) is 64.2 Å². The zero-order valence-corrected chi connectivity index (χ0v) is 12.8. The van der Waals surface area contributed by atoms with Crippen molar-refractivity contribution in [1.29, 1.82) is 0 Å². The number of amides is 3. The van der Waals surface area contributed by atoms with Crippen molar-refractivity contribution in [3.05, 3.63) is 0 Å². The largest absolute Gasteiger partial charge is 0.481 e. The molecular weight excluding hydrogens is 272 g/mol. The van der Waals surface area contributed by atoms with E-state index in [1.54, 1.807) is 11.9 Å². The third-order valence-corrected chi connectivity index (χ3v) is 3.98. The normalized spacial score (nSPS) is 16.0. The van der Waals surface area contributed by atoms with E-state index < -0.39 is 5.97 Å². The number of carbonyl (C=O) groups is 3. The van der Waals surface area contributed by atoms with Gasteiger partial charge in [0, 0.05) is 25.9 Å². The maximum absolute atomic E-state index is 12.0. The number of unbranched alkanes of at least 4 members (excludes halogenated alkanes) is 1. The Morgan fingerprint density at radius 2 is 1.62 bits per heavy atom. The number of hydrogen-bond acceptors (Lipinski definition) is 3. The van der Waals surface area contributed by atoms with E-state index in [4.69, 9.17) is 5.11 Å². The SMILES string of the molecule is CN(C(=O)NC(=O)CCCCC(=O)O)C1CCCCCC1. The average molecular weight is 298 g/mol. The van der Waals surface area contributed by atoms with Crippen molar-refractivity contribution >= 4 is 17.9 Å². The second-order valence-electron chi connectivity index (χ2n) is 5.71. The quantitative estimate of drug-likeness (QED) is 0.582. The van der Waals surface area contributed by atoms with Crippen LogP contribution < -0.4 is 5.32 Å². The lowest BCUT2D eigenvalue weighted by Gasteiger charge is -2.27. The number of carboxylic acid groups (broad SMARTS) is 1. The van der Waals surface area contributed by atoms with Crippen molar-refractivity contribution < 1.29 is 19.5 Å². The molecule has 0 atom stereocenters. The number of imide groups is 1. The molecule has 0 bridgehead atoms. The highest BCUT2D eigenvalue weighted by molar-refractivity contribution is 5.94. The van der Waals surface area contributed by atoms with Crippen molar-refractivity contribution in [2.75, 3.05) is 7.05 Å². The van der Waals surface area contributed by atoms with Gasteiger partial charge >= 0.3 is 12.0 Å². The number of nitrogens with zero attached hydrogens (tertiary/aromatic N) is 1. The second-order valence-corrected chi connectivity index (χ2v) is 5.71. The smallest absolute Gasteiger partial charge is 0.324 e. The molecule has 0 radical (unpaired) electrons. The summed E-state index contributed by atoms with van der Waals surface area (Å²) in [5, 5.41) is 10.9. The number of carbonyl (C=O) groups excluding carboxylic acids is 2. The van der Waals surface area contributed by atoms with Crippen LogP contribution in [-0.4, -0.2) is 41.0 Å². The molecule has 3 amide bonds. The number of aliphatic carboxylic acids is 1. The van der Waals surface area contributed by atoms with Crippen LogP contribution in [0.3, 0.4) is 0 Å². The third-order valence-electron chi connectivity index (χ3n) is 3.98. The molecular formula is C15H26N2O4. The predicted octanol–water partition coefficient (Wildman–Crippen LogP) is 2.52. The van der Waals surface area contributed by atoms with E-state index in [0.717, 1.165) is 25.7 Å². The molecule has 1 fully saturated rings. The standard InChI is InChI=1S/C15H26N2O4/c1-17(12-8-4-2-3-5-9-12)15(21)16-13(18)10-6-7-11-14(19)20/h12H,2-11H2,1H3,(H,19,20)(H,16,18,21). The van der Waals surface area contributed by atoms with Crippen molar-refractivity contribution in [3.63, 3.8) is 0 Å². The van der Waals surface area contributed by atoms with Gasteiger partial charge in [-0.1, -0.05) is 25.7 Å². The first-order valence-corrected chi connectivity index (χ1v) is 7.79. The summed E-state index contributed by atoms with van der Waals surface area (Å²) in [7, 11) is 1.74. The summed E-state index contributed by atoms with van der Waals surface area (Å²) in [6.45, 7) is 0. The Morgan fingerprint density at radius 3 is 2.19 bits per heavy atom. The second kappa shape index (κ2) is 9.37. The molecule has 0 aromatic rings. The van der Waals surface area contributed by atoms with E-state index in [-0.39, 0.29) is 30.8 Å². The van der Waals surface area contributed by atoms with E-state index in [2.05, 4.69) is 5.32 Å². The van der Waals surface area contributed by atoms with E-state index in [1.165, 1.54) is 12.8 Å². The average Bonchev–Trinajstić information content (AvgIpc) is 2.71. The molecule has 2 N–H and O–H groups in total. The number of carboxylic acids is 1. The zero-order chi connectivity index (χ0) is 15.7. The van der Waals surface area contributed by atoms with Crippen molar-refractivity contribution in [2.45, 2.75) is 70.3 Å². The minimum atomic E-state index is -0.861. The molecule has 0 unspecified atom stereocenters. The molecule has 0 aromatic heterocycles. The molecule has 120 valence electrons. The summed E-state index contributed by atoms with van der Waals surface area (Å²) in [4.78, 5) is 35.6. The van der Waals surface area contributed by atoms with Crippen LogP contribution in [-0.2, 0) is 9.59 Å². The van der Waals surface area contributed by atoms with Crippen LogP contribution in [0.25, 0.3) is 0 Å². The fraction of sp³-hybridized carbons (Fsp3) is 0.800. The Hall–Kier alpha value is -1.59. The Morgan fingerprint density at radius 1 is 1.05 bits per heavy atom. The molecule has 1 aliphatic rings. The maximum atomic E-state index is 12.0. The van der Waals surface area contributed by atoms with Crippen LogP contribution in [0, 0.1) is 0 Å². The summed E-state index contributed by atoms with van der Waals surface area (Å²) >= 11 is 0. The topological polar surface area (TPSA) is 86.7 Å². The van der Waals surface area contributed by atoms with Crippen LogP contribution in [0.4, 0.5) is 4.79 Å². The Kier molecular flexibility index (Phi) is 7.79. The van der Waals surface area contributed by atoms with Gasteiger partial charge in [-0.25, -0.2) is 4.79 Å². The van der Waals surface area contributed by atoms with E-state index in [1.807, 2.05) is 0 Å². The summed E-state index contributed by atoms with van der Waals surface area (Å²) in [6, 6.07) is -0.127. The van der Waals surface area contributed by atoms with Gasteiger partial charge in [-0.2, -0.15) is 0 Å². The van der Waals surface area contributed by atoms with Crippen LogP contribution in [0.15, 0.2) is 0 Å². The fourth-order valence-corrected chi connectivity index (χ4v) is 2.64. The number of rotatable bonds is 6. The summed E-state index contributed by atoms with van der Waals surface area (Å²) < 4.78 is 0. The highest BCUT2D eigenvalue weighted by Gasteiger charge is 2.22. The highest BCUT2D eigenvalue weighted by Crippen LogP contribution is 2.20. The van der Waals surface area contributed by atoms with Crippen molar-refractivity contribution in [3.8, 4) is 0 Å². The zero-order valence-electron chi connectivity index (χ0n) is 12.8. The highest BCUT2D eigenvalue weighted by atomic mass is 16.4. The van der Waals surface area contributed by atoms with E-state index >= 15 is 0 Å². The van der Waals surface area contributed by atoms with Gasteiger partial charge in [-0.15, -0.1) is 0 Å². The van der Waals surface area contributed by atoms with Gasteiger partial charge in [-0.05, 0) is 25.7 Å². The molecule has 21 heavy (non-hydrogen) atoms. The molecule has 6 heteroatoms. The first-order valence-electron chi connectivity index (χ1n) is 7.79. The summed E-state index contributed by atoms with van der Waals surface area (Å²) in [5.74, 6) is -1.19. The van der Waals surface area contributed by atoms with Crippen LogP contribution in [0.5, 0.6) is 0 Å². The number of nitrogens with one attached hydrogen (secondary N) is 1. The number of hydrogen-bond donors (Lipinski definition) is 2. The van der Waals surface area contributed by atoms with Gasteiger partial charge < -0.3 is 10.0 Å². The molecule has 0 spiro atoms. The Balaban J connectivity index is 2.27.